The number of fused-ring (bicyclic) bond motifs is 6. The van der Waals surface area contributed by atoms with Crippen molar-refractivity contribution in [3.05, 3.63) is 34.9 Å². The van der Waals surface area contributed by atoms with Gasteiger partial charge in [0.15, 0.2) is 0 Å². The van der Waals surface area contributed by atoms with Crippen LogP contribution in [0.5, 0.6) is 0 Å². The van der Waals surface area contributed by atoms with Crippen molar-refractivity contribution < 1.29 is 10.2 Å². The summed E-state index contributed by atoms with van der Waals surface area (Å²) in [5.41, 5.74) is 3.39. The minimum Gasteiger partial charge on any atom is -0.393 e. The normalized spacial score (nSPS) is 43.6. The predicted molar refractivity (Wildman–Crippen MR) is 150 cm³/mol. The quantitative estimate of drug-likeness (QED) is 0.432. The summed E-state index contributed by atoms with van der Waals surface area (Å²) in [6, 6.07) is 0. The van der Waals surface area contributed by atoms with Crippen LogP contribution in [0.25, 0.3) is 0 Å². The number of aliphatic hydroxyl groups excluding tert-OH is 1. The molecule has 9 atom stereocenters. The van der Waals surface area contributed by atoms with Gasteiger partial charge in [0.1, 0.15) is 5.82 Å². The van der Waals surface area contributed by atoms with E-state index in [-0.39, 0.29) is 39.6 Å². The molecule has 0 unspecified atom stereocenters. The summed E-state index contributed by atoms with van der Waals surface area (Å²) in [6.45, 7) is 20.7. The Hall–Kier alpha value is -1.26. The molecule has 1 heterocycles. The smallest absolute Gasteiger partial charge is 0.125 e. The molecule has 4 nitrogen and oxygen atoms in total. The molecule has 1 aromatic heterocycles. The van der Waals surface area contributed by atoms with Crippen molar-refractivity contribution in [1.82, 2.24) is 9.97 Å². The molecule has 0 aromatic carbocycles. The number of aromatic nitrogens is 2. The SMILES string of the molecule is CC(C)=CCC[C@](C)(O)[C@H]1CC[C@]2(C)[C@@H]1[C@@H](O)C[C@@H]1[C@@]3(C)Cc4cnc(C)nc4C(C)(C)[C@@H]3CC[C@]12C. The minimum atomic E-state index is -0.749. The fraction of sp³-hybridized carbons (Fsp3) is 0.818. The maximum atomic E-state index is 12.0. The molecule has 4 heteroatoms. The molecule has 5 rings (SSSR count). The summed E-state index contributed by atoms with van der Waals surface area (Å²) < 4.78 is 0. The number of aryl methyl sites for hydroxylation is 1. The summed E-state index contributed by atoms with van der Waals surface area (Å²) >= 11 is 0. The highest BCUT2D eigenvalue weighted by Gasteiger charge is 2.71. The molecule has 0 aliphatic heterocycles. The summed E-state index contributed by atoms with van der Waals surface area (Å²) in [5, 5.41) is 23.7. The molecule has 3 saturated carbocycles. The largest absolute Gasteiger partial charge is 0.393 e. The molecular weight excluding hydrogens is 456 g/mol. The van der Waals surface area contributed by atoms with Crippen LogP contribution in [-0.4, -0.2) is 31.9 Å². The van der Waals surface area contributed by atoms with Gasteiger partial charge in [0, 0.05) is 11.6 Å². The first-order chi connectivity index (χ1) is 17.1. The zero-order chi connectivity index (χ0) is 27.2. The van der Waals surface area contributed by atoms with E-state index in [0.29, 0.717) is 11.8 Å². The van der Waals surface area contributed by atoms with Crippen LogP contribution in [-0.2, 0) is 11.8 Å². The Morgan fingerprint density at radius 2 is 1.76 bits per heavy atom. The van der Waals surface area contributed by atoms with Crippen LogP contribution in [0, 0.1) is 46.8 Å². The molecular formula is C33H52N2O2. The van der Waals surface area contributed by atoms with Crippen molar-refractivity contribution in [2.75, 3.05) is 0 Å². The molecule has 2 N–H and O–H groups in total. The van der Waals surface area contributed by atoms with Gasteiger partial charge in [-0.15, -0.1) is 0 Å². The van der Waals surface area contributed by atoms with Crippen molar-refractivity contribution in [3.63, 3.8) is 0 Å². The van der Waals surface area contributed by atoms with E-state index in [1.54, 1.807) is 0 Å². The third-order valence-electron chi connectivity index (χ3n) is 12.7. The van der Waals surface area contributed by atoms with E-state index in [0.717, 1.165) is 44.3 Å². The topological polar surface area (TPSA) is 66.2 Å². The molecule has 0 spiro atoms. The molecule has 0 saturated heterocycles. The Bertz CT molecular complexity index is 1090. The first-order valence-electron chi connectivity index (χ1n) is 14.9. The minimum absolute atomic E-state index is 0.00707. The maximum Gasteiger partial charge on any atom is 0.125 e. The maximum absolute atomic E-state index is 12.0. The third-order valence-corrected chi connectivity index (χ3v) is 12.7. The van der Waals surface area contributed by atoms with Gasteiger partial charge in [-0.05, 0) is 125 Å². The van der Waals surface area contributed by atoms with Crippen molar-refractivity contribution in [1.29, 1.82) is 0 Å². The van der Waals surface area contributed by atoms with E-state index in [1.807, 2.05) is 13.8 Å². The van der Waals surface area contributed by atoms with Crippen molar-refractivity contribution in [3.8, 4) is 0 Å². The lowest BCUT2D eigenvalue weighted by Gasteiger charge is -2.70. The monoisotopic (exact) mass is 508 g/mol. The van der Waals surface area contributed by atoms with Gasteiger partial charge in [-0.1, -0.05) is 46.3 Å². The highest BCUT2D eigenvalue weighted by Crippen LogP contribution is 2.75. The fourth-order valence-corrected chi connectivity index (χ4v) is 10.8. The zero-order valence-electron chi connectivity index (χ0n) is 25.0. The number of aliphatic hydroxyl groups is 2. The standard InChI is InChI=1S/C33H52N2O2/c1-20(2)11-10-14-33(9,37)23-12-15-32(8)27(23)24(36)17-26-30(6)18-22-19-34-21(3)35-28(22)29(4,5)25(30)13-16-31(26,32)7/h11,19,23-27,36-37H,10,12-18H2,1-9H3/t23-,24-,25-,26+,27-,30-,31+,32+,33-/m0/s1. The lowest BCUT2D eigenvalue weighted by atomic mass is 9.35. The average Bonchev–Trinajstić information content (AvgIpc) is 3.16. The molecule has 4 aliphatic carbocycles. The summed E-state index contributed by atoms with van der Waals surface area (Å²) in [5.74, 6) is 2.16. The summed E-state index contributed by atoms with van der Waals surface area (Å²) in [6.07, 6.45) is 12.0. The Balaban J connectivity index is 1.51. The van der Waals surface area contributed by atoms with Gasteiger partial charge < -0.3 is 10.2 Å². The van der Waals surface area contributed by atoms with Crippen LogP contribution in [0.3, 0.4) is 0 Å². The Morgan fingerprint density at radius 1 is 1.08 bits per heavy atom. The van der Waals surface area contributed by atoms with Gasteiger partial charge in [0.05, 0.1) is 17.4 Å². The zero-order valence-corrected chi connectivity index (χ0v) is 25.0. The van der Waals surface area contributed by atoms with Gasteiger partial charge in [-0.25, -0.2) is 9.97 Å². The molecule has 3 fully saturated rings. The van der Waals surface area contributed by atoms with Crippen molar-refractivity contribution in [2.45, 2.75) is 131 Å². The summed E-state index contributed by atoms with van der Waals surface area (Å²) in [4.78, 5) is 9.58. The fourth-order valence-electron chi connectivity index (χ4n) is 10.8. The Labute approximate surface area is 225 Å². The molecule has 0 amide bonds. The molecule has 0 bridgehead atoms. The van der Waals surface area contributed by atoms with Gasteiger partial charge in [0.25, 0.3) is 0 Å². The van der Waals surface area contributed by atoms with Crippen LogP contribution in [0.15, 0.2) is 17.8 Å². The number of allylic oxidation sites excluding steroid dienone is 2. The van der Waals surface area contributed by atoms with E-state index in [2.05, 4.69) is 65.7 Å². The third kappa shape index (κ3) is 3.82. The highest BCUT2D eigenvalue weighted by molar-refractivity contribution is 5.35. The van der Waals surface area contributed by atoms with Gasteiger partial charge in [-0.3, -0.25) is 0 Å². The van der Waals surface area contributed by atoms with Gasteiger partial charge >= 0.3 is 0 Å². The molecule has 206 valence electrons. The van der Waals surface area contributed by atoms with E-state index >= 15 is 0 Å². The number of nitrogens with zero attached hydrogens (tertiary/aromatic N) is 2. The highest BCUT2D eigenvalue weighted by atomic mass is 16.3. The Kier molecular flexibility index (Phi) is 6.36. The van der Waals surface area contributed by atoms with Gasteiger partial charge in [-0.2, -0.15) is 0 Å². The van der Waals surface area contributed by atoms with Gasteiger partial charge in [0.2, 0.25) is 0 Å². The Morgan fingerprint density at radius 3 is 2.43 bits per heavy atom. The van der Waals surface area contributed by atoms with E-state index < -0.39 is 5.60 Å². The van der Waals surface area contributed by atoms with E-state index in [9.17, 15) is 10.2 Å². The average molecular weight is 509 g/mol. The van der Waals surface area contributed by atoms with E-state index in [1.165, 1.54) is 29.7 Å². The number of hydrogen-bond donors (Lipinski definition) is 2. The van der Waals surface area contributed by atoms with Crippen LogP contribution in [0.1, 0.15) is 117 Å². The van der Waals surface area contributed by atoms with Crippen LogP contribution < -0.4 is 0 Å². The predicted octanol–water partition coefficient (Wildman–Crippen LogP) is 6.95. The first kappa shape index (κ1) is 27.3. The molecule has 0 radical (unpaired) electrons. The molecule has 37 heavy (non-hydrogen) atoms. The van der Waals surface area contributed by atoms with Crippen LogP contribution >= 0.6 is 0 Å². The lowest BCUT2D eigenvalue weighted by Crippen LogP contribution is -2.66. The van der Waals surface area contributed by atoms with Crippen molar-refractivity contribution in [2.24, 2.45) is 39.9 Å². The second-order valence-corrected chi connectivity index (χ2v) is 15.3. The van der Waals surface area contributed by atoms with Crippen LogP contribution in [0.2, 0.25) is 0 Å². The molecule has 1 aromatic rings. The number of rotatable bonds is 4. The van der Waals surface area contributed by atoms with Crippen molar-refractivity contribution >= 4 is 0 Å². The molecule has 4 aliphatic rings. The first-order valence-corrected chi connectivity index (χ1v) is 14.9. The second kappa shape index (κ2) is 8.62. The second-order valence-electron chi connectivity index (χ2n) is 15.3. The lowest BCUT2D eigenvalue weighted by molar-refractivity contribution is -0.223. The summed E-state index contributed by atoms with van der Waals surface area (Å²) in [7, 11) is 0. The number of hydrogen-bond acceptors (Lipinski definition) is 4. The van der Waals surface area contributed by atoms with Crippen LogP contribution in [0.4, 0.5) is 0 Å². The van der Waals surface area contributed by atoms with E-state index in [4.69, 9.17) is 4.98 Å².